The van der Waals surface area contributed by atoms with Gasteiger partial charge in [0.1, 0.15) is 0 Å². The first-order valence-corrected chi connectivity index (χ1v) is 10.2. The number of aromatic nitrogens is 1. The third kappa shape index (κ3) is 2.30. The Morgan fingerprint density at radius 1 is 1.22 bits per heavy atom. The van der Waals surface area contributed by atoms with Gasteiger partial charge in [-0.2, -0.15) is 0 Å². The summed E-state index contributed by atoms with van der Waals surface area (Å²) < 4.78 is 0. The van der Waals surface area contributed by atoms with Crippen molar-refractivity contribution in [2.75, 3.05) is 0 Å². The summed E-state index contributed by atoms with van der Waals surface area (Å²) in [4.78, 5) is 17.6. The Morgan fingerprint density at radius 2 is 2.07 bits per heavy atom. The fraction of sp³-hybridized carbons (Fsp3) is 0.500. The molecule has 3 nitrogen and oxygen atoms in total. The van der Waals surface area contributed by atoms with E-state index in [0.29, 0.717) is 5.92 Å². The van der Waals surface area contributed by atoms with E-state index in [-0.39, 0.29) is 22.7 Å². The molecule has 0 spiro atoms. The summed E-state index contributed by atoms with van der Waals surface area (Å²) in [6.07, 6.45) is 13.6. The van der Waals surface area contributed by atoms with Crippen molar-refractivity contribution >= 4 is 11.4 Å². The van der Waals surface area contributed by atoms with Crippen molar-refractivity contribution in [1.29, 1.82) is 0 Å². The number of carbonyl (C=O) groups excluding carboxylic acids is 1. The van der Waals surface area contributed by atoms with Gasteiger partial charge in [0.15, 0.2) is 5.78 Å². The van der Waals surface area contributed by atoms with Crippen LogP contribution in [0.4, 0.5) is 0 Å². The molecule has 1 heterocycles. The topological polar surface area (TPSA) is 50.2 Å². The molecule has 1 saturated carbocycles. The molecular weight excluding hydrogens is 334 g/mol. The van der Waals surface area contributed by atoms with Crippen molar-refractivity contribution in [1.82, 2.24) is 4.98 Å². The van der Waals surface area contributed by atoms with Gasteiger partial charge in [-0.15, -0.1) is 0 Å². The molecule has 0 aromatic carbocycles. The molecule has 0 amide bonds. The first kappa shape index (κ1) is 17.1. The van der Waals surface area contributed by atoms with Gasteiger partial charge >= 0.3 is 0 Å². The minimum absolute atomic E-state index is 0.148. The quantitative estimate of drug-likeness (QED) is 0.741. The summed E-state index contributed by atoms with van der Waals surface area (Å²) in [5, 5.41) is 10.1. The molecule has 0 bridgehead atoms. The highest BCUT2D eigenvalue weighted by Crippen LogP contribution is 2.61. The minimum Gasteiger partial charge on any atom is -0.393 e. The molecule has 5 rings (SSSR count). The van der Waals surface area contributed by atoms with Gasteiger partial charge in [-0.3, -0.25) is 9.78 Å². The zero-order valence-corrected chi connectivity index (χ0v) is 16.2. The van der Waals surface area contributed by atoms with Crippen molar-refractivity contribution in [2.24, 2.45) is 16.7 Å². The molecule has 4 aliphatic carbocycles. The molecule has 0 radical (unpaired) electrons. The van der Waals surface area contributed by atoms with E-state index in [0.717, 1.165) is 49.7 Å². The number of aliphatic hydroxyl groups excluding tert-OH is 1. The van der Waals surface area contributed by atoms with Gasteiger partial charge in [-0.25, -0.2) is 0 Å². The van der Waals surface area contributed by atoms with Gasteiger partial charge in [-0.1, -0.05) is 30.2 Å². The number of fused-ring (bicyclic) bond motifs is 4. The predicted molar refractivity (Wildman–Crippen MR) is 106 cm³/mol. The second-order valence-electron chi connectivity index (χ2n) is 9.24. The predicted octanol–water partition coefficient (Wildman–Crippen LogP) is 4.64. The maximum absolute atomic E-state index is 13.4. The lowest BCUT2D eigenvalue weighted by molar-refractivity contribution is -0.120. The van der Waals surface area contributed by atoms with Crippen LogP contribution in [0.15, 0.2) is 53.4 Å². The van der Waals surface area contributed by atoms with Gasteiger partial charge in [-0.05, 0) is 74.5 Å². The Hall–Kier alpha value is -2.00. The fourth-order valence-corrected chi connectivity index (χ4v) is 6.13. The number of hydrogen-bond acceptors (Lipinski definition) is 3. The highest BCUT2D eigenvalue weighted by molar-refractivity contribution is 6.28. The van der Waals surface area contributed by atoms with Crippen molar-refractivity contribution in [2.45, 2.75) is 58.5 Å². The van der Waals surface area contributed by atoms with Crippen LogP contribution in [0.5, 0.6) is 0 Å². The summed E-state index contributed by atoms with van der Waals surface area (Å²) in [7, 11) is 0. The number of Topliss-reactive ketones (excluding diaryl/α,β-unsaturated/α-hetero) is 1. The number of aliphatic hydroxyl groups is 1. The van der Waals surface area contributed by atoms with Gasteiger partial charge in [0.2, 0.25) is 0 Å². The summed E-state index contributed by atoms with van der Waals surface area (Å²) in [6.45, 7) is 4.53. The molecule has 0 unspecified atom stereocenters. The summed E-state index contributed by atoms with van der Waals surface area (Å²) in [5.74, 6) is 0.765. The van der Waals surface area contributed by atoms with Crippen LogP contribution in [0, 0.1) is 16.7 Å². The fourth-order valence-electron chi connectivity index (χ4n) is 6.13. The molecule has 1 N–H and O–H groups in total. The molecule has 3 heteroatoms. The molecule has 1 aromatic rings. The molecule has 27 heavy (non-hydrogen) atoms. The Balaban J connectivity index is 1.64. The van der Waals surface area contributed by atoms with Crippen LogP contribution in [0.3, 0.4) is 0 Å². The van der Waals surface area contributed by atoms with E-state index in [1.54, 1.807) is 12.4 Å². The first-order chi connectivity index (χ1) is 12.9. The van der Waals surface area contributed by atoms with E-state index in [1.807, 2.05) is 12.1 Å². The van der Waals surface area contributed by atoms with Crippen LogP contribution in [0.2, 0.25) is 0 Å². The molecule has 0 saturated heterocycles. The highest BCUT2D eigenvalue weighted by atomic mass is 16.3. The van der Waals surface area contributed by atoms with Crippen LogP contribution >= 0.6 is 0 Å². The van der Waals surface area contributed by atoms with Gasteiger partial charge in [0, 0.05) is 23.5 Å². The number of ketones is 1. The van der Waals surface area contributed by atoms with E-state index in [2.05, 4.69) is 31.0 Å². The number of nitrogens with zero attached hydrogens (tertiary/aromatic N) is 1. The van der Waals surface area contributed by atoms with Gasteiger partial charge < -0.3 is 5.11 Å². The number of carbonyl (C=O) groups is 1. The SMILES string of the molecule is C[C@]12CC[C@H]3C(=C1C=C(c1cccnc1)C2=O)CC=C1C[C@@H](O)CC[C@@]13C. The Bertz CT molecular complexity index is 910. The molecule has 4 atom stereocenters. The second-order valence-corrected chi connectivity index (χ2v) is 9.24. The zero-order chi connectivity index (χ0) is 18.8. The maximum Gasteiger partial charge on any atom is 0.173 e. The smallest absolute Gasteiger partial charge is 0.173 e. The van der Waals surface area contributed by atoms with Crippen LogP contribution in [-0.2, 0) is 4.79 Å². The second kappa shape index (κ2) is 5.75. The zero-order valence-electron chi connectivity index (χ0n) is 16.2. The Morgan fingerprint density at radius 3 is 2.85 bits per heavy atom. The molecule has 140 valence electrons. The molecular formula is C24H27NO2. The van der Waals surface area contributed by atoms with Crippen LogP contribution in [0.1, 0.15) is 57.9 Å². The van der Waals surface area contributed by atoms with E-state index >= 15 is 0 Å². The summed E-state index contributed by atoms with van der Waals surface area (Å²) >= 11 is 0. The van der Waals surface area contributed by atoms with Crippen LogP contribution in [-0.4, -0.2) is 22.0 Å². The molecule has 0 aliphatic heterocycles. The Kier molecular flexibility index (Phi) is 3.64. The van der Waals surface area contributed by atoms with Crippen molar-refractivity contribution in [3.8, 4) is 0 Å². The van der Waals surface area contributed by atoms with E-state index in [4.69, 9.17) is 0 Å². The third-order valence-electron chi connectivity index (χ3n) is 7.82. The number of rotatable bonds is 1. The normalized spacial score (nSPS) is 38.0. The van der Waals surface area contributed by atoms with Gasteiger partial charge in [0.05, 0.1) is 11.5 Å². The first-order valence-electron chi connectivity index (χ1n) is 10.2. The monoisotopic (exact) mass is 361 g/mol. The highest BCUT2D eigenvalue weighted by Gasteiger charge is 2.53. The molecule has 4 aliphatic rings. The summed E-state index contributed by atoms with van der Waals surface area (Å²) in [6, 6.07) is 3.89. The average molecular weight is 361 g/mol. The van der Waals surface area contributed by atoms with Crippen LogP contribution < -0.4 is 0 Å². The number of allylic oxidation sites excluding steroid dienone is 5. The number of pyridine rings is 1. The largest absolute Gasteiger partial charge is 0.393 e. The molecule has 1 fully saturated rings. The minimum atomic E-state index is -0.382. The van der Waals surface area contributed by atoms with E-state index in [9.17, 15) is 9.90 Å². The third-order valence-corrected chi connectivity index (χ3v) is 7.82. The lowest BCUT2D eigenvalue weighted by Crippen LogP contribution is -2.43. The van der Waals surface area contributed by atoms with Crippen LogP contribution in [0.25, 0.3) is 5.57 Å². The average Bonchev–Trinajstić information content (AvgIpc) is 2.94. The molecule has 1 aromatic heterocycles. The Labute approximate surface area is 160 Å². The van der Waals surface area contributed by atoms with E-state index < -0.39 is 0 Å². The van der Waals surface area contributed by atoms with Crippen molar-refractivity contribution < 1.29 is 9.90 Å². The lowest BCUT2D eigenvalue weighted by atomic mass is 9.53. The van der Waals surface area contributed by atoms with Gasteiger partial charge in [0.25, 0.3) is 0 Å². The lowest BCUT2D eigenvalue weighted by Gasteiger charge is -2.51. The number of hydrogen-bond donors (Lipinski definition) is 1. The standard InChI is InChI=1S/C24H27NO2/c1-23-9-7-17(26)12-16(23)5-6-18-20(23)8-10-24(2)21(18)13-19(22(24)27)15-4-3-11-25-14-15/h3-5,11,13-14,17,20,26H,6-10,12H2,1-2H3/t17-,20-,23-,24-/m0/s1. The summed E-state index contributed by atoms with van der Waals surface area (Å²) in [5.41, 5.74) is 5.71. The maximum atomic E-state index is 13.4. The van der Waals surface area contributed by atoms with Crippen molar-refractivity contribution in [3.05, 3.63) is 59.0 Å². The van der Waals surface area contributed by atoms with Crippen molar-refractivity contribution in [3.63, 3.8) is 0 Å². The van der Waals surface area contributed by atoms with E-state index in [1.165, 1.54) is 16.7 Å².